The second kappa shape index (κ2) is 5.34. The Morgan fingerprint density at radius 1 is 1.60 bits per heavy atom. The van der Waals surface area contributed by atoms with E-state index in [-0.39, 0.29) is 24.1 Å². The lowest BCUT2D eigenvalue weighted by molar-refractivity contribution is -0.139. The number of hydrogen-bond acceptors (Lipinski definition) is 5. The zero-order valence-electron chi connectivity index (χ0n) is 11.1. The van der Waals surface area contributed by atoms with Gasteiger partial charge in [0, 0.05) is 6.54 Å². The first kappa shape index (κ1) is 13.3. The van der Waals surface area contributed by atoms with Crippen molar-refractivity contribution in [3.8, 4) is 0 Å². The van der Waals surface area contributed by atoms with Crippen LogP contribution in [-0.4, -0.2) is 46.2 Å². The Hall–Kier alpha value is -1.73. The monoisotopic (exact) mass is 293 g/mol. The van der Waals surface area contributed by atoms with E-state index in [9.17, 15) is 9.59 Å². The second-order valence-electron chi connectivity index (χ2n) is 4.83. The molecule has 0 saturated carbocycles. The summed E-state index contributed by atoms with van der Waals surface area (Å²) in [5, 5.41) is 2.40. The summed E-state index contributed by atoms with van der Waals surface area (Å²) >= 11 is 1.42. The van der Waals surface area contributed by atoms with Crippen LogP contribution in [0.2, 0.25) is 0 Å². The fourth-order valence-corrected chi connectivity index (χ4v) is 3.06. The van der Waals surface area contributed by atoms with Gasteiger partial charge in [0.25, 0.3) is 5.56 Å². The maximum atomic E-state index is 12.3. The average molecular weight is 293 g/mol. The molecule has 0 spiro atoms. The molecule has 0 aromatic carbocycles. The van der Waals surface area contributed by atoms with Crippen molar-refractivity contribution in [2.24, 2.45) is 0 Å². The molecule has 1 fully saturated rings. The normalized spacial score (nSPS) is 19.4. The molecule has 1 unspecified atom stereocenters. The molecule has 1 atom stereocenters. The van der Waals surface area contributed by atoms with Gasteiger partial charge < -0.3 is 9.64 Å². The number of carbonyl (C=O) groups is 1. The van der Waals surface area contributed by atoms with E-state index in [1.165, 1.54) is 22.2 Å². The van der Waals surface area contributed by atoms with Crippen molar-refractivity contribution >= 4 is 27.5 Å². The first-order valence-electron chi connectivity index (χ1n) is 6.46. The lowest BCUT2D eigenvalue weighted by Gasteiger charge is -2.33. The van der Waals surface area contributed by atoms with E-state index in [2.05, 4.69) is 4.98 Å². The van der Waals surface area contributed by atoms with Gasteiger partial charge in [0.2, 0.25) is 5.91 Å². The molecule has 1 amide bonds. The molecule has 1 saturated heterocycles. The fraction of sp³-hybridized carbons (Fsp3) is 0.462. The van der Waals surface area contributed by atoms with Crippen molar-refractivity contribution in [1.29, 1.82) is 0 Å². The van der Waals surface area contributed by atoms with Crippen LogP contribution in [0.5, 0.6) is 0 Å². The van der Waals surface area contributed by atoms with Crippen molar-refractivity contribution in [2.45, 2.75) is 19.5 Å². The highest BCUT2D eigenvalue weighted by Crippen LogP contribution is 2.13. The van der Waals surface area contributed by atoms with E-state index >= 15 is 0 Å². The van der Waals surface area contributed by atoms with Crippen LogP contribution in [0.15, 0.2) is 22.6 Å². The quantitative estimate of drug-likeness (QED) is 0.818. The summed E-state index contributed by atoms with van der Waals surface area (Å²) in [6.07, 6.45) is 1.45. The van der Waals surface area contributed by atoms with E-state index in [0.717, 1.165) is 0 Å². The summed E-state index contributed by atoms with van der Waals surface area (Å²) in [5.41, 5.74) is -0.162. The standard InChI is InChI=1S/C13H15N3O3S/c1-9-7-19-4-3-16(9)11(17)6-15-8-14-12-10(13(15)18)2-5-20-12/h2,5,8-9H,3-4,6-7H2,1H3. The van der Waals surface area contributed by atoms with Crippen molar-refractivity contribution in [1.82, 2.24) is 14.5 Å². The van der Waals surface area contributed by atoms with E-state index in [1.54, 1.807) is 11.0 Å². The zero-order chi connectivity index (χ0) is 14.1. The summed E-state index contributed by atoms with van der Waals surface area (Å²) in [7, 11) is 0. The minimum absolute atomic E-state index is 0.0297. The highest BCUT2D eigenvalue weighted by atomic mass is 32.1. The van der Waals surface area contributed by atoms with Gasteiger partial charge in [-0.2, -0.15) is 0 Å². The summed E-state index contributed by atoms with van der Waals surface area (Å²) in [5.74, 6) is -0.0701. The second-order valence-corrected chi connectivity index (χ2v) is 5.72. The first-order chi connectivity index (χ1) is 9.66. The van der Waals surface area contributed by atoms with Gasteiger partial charge in [-0.05, 0) is 18.4 Å². The van der Waals surface area contributed by atoms with E-state index in [1.807, 2.05) is 12.3 Å². The van der Waals surface area contributed by atoms with Crippen molar-refractivity contribution in [2.75, 3.05) is 19.8 Å². The molecular formula is C13H15N3O3S. The van der Waals surface area contributed by atoms with Crippen LogP contribution in [0.1, 0.15) is 6.92 Å². The van der Waals surface area contributed by atoms with Gasteiger partial charge in [-0.3, -0.25) is 14.2 Å². The smallest absolute Gasteiger partial charge is 0.262 e. The van der Waals surface area contributed by atoms with Gasteiger partial charge in [0.15, 0.2) is 0 Å². The number of morpholine rings is 1. The number of hydrogen-bond donors (Lipinski definition) is 0. The van der Waals surface area contributed by atoms with E-state index < -0.39 is 0 Å². The number of ether oxygens (including phenoxy) is 1. The van der Waals surface area contributed by atoms with Crippen LogP contribution in [0.3, 0.4) is 0 Å². The molecular weight excluding hydrogens is 278 g/mol. The maximum Gasteiger partial charge on any atom is 0.262 e. The minimum Gasteiger partial charge on any atom is -0.377 e. The molecule has 0 aliphatic carbocycles. The molecule has 0 bridgehead atoms. The van der Waals surface area contributed by atoms with Crippen LogP contribution in [0, 0.1) is 0 Å². The number of nitrogens with zero attached hydrogens (tertiary/aromatic N) is 3. The molecule has 2 aromatic rings. The van der Waals surface area contributed by atoms with Gasteiger partial charge in [0.1, 0.15) is 11.4 Å². The van der Waals surface area contributed by atoms with Crippen LogP contribution in [-0.2, 0) is 16.1 Å². The summed E-state index contributed by atoms with van der Waals surface area (Å²) < 4.78 is 6.68. The Bertz CT molecular complexity index is 693. The number of fused-ring (bicyclic) bond motifs is 1. The van der Waals surface area contributed by atoms with Crippen LogP contribution >= 0.6 is 11.3 Å². The highest BCUT2D eigenvalue weighted by molar-refractivity contribution is 7.16. The molecule has 2 aromatic heterocycles. The molecule has 7 heteroatoms. The maximum absolute atomic E-state index is 12.3. The van der Waals surface area contributed by atoms with Gasteiger partial charge in [-0.1, -0.05) is 0 Å². The Labute approximate surface area is 119 Å². The number of rotatable bonds is 2. The minimum atomic E-state index is -0.162. The van der Waals surface area contributed by atoms with Crippen LogP contribution < -0.4 is 5.56 Å². The topological polar surface area (TPSA) is 64.4 Å². The van der Waals surface area contributed by atoms with E-state index in [4.69, 9.17) is 4.74 Å². The zero-order valence-corrected chi connectivity index (χ0v) is 11.9. The third-order valence-corrected chi connectivity index (χ3v) is 4.26. The SMILES string of the molecule is CC1COCCN1C(=O)Cn1cnc2sccc2c1=O. The Balaban J connectivity index is 1.83. The third-order valence-electron chi connectivity index (χ3n) is 3.44. The lowest BCUT2D eigenvalue weighted by atomic mass is 10.2. The van der Waals surface area contributed by atoms with Crippen molar-refractivity contribution in [3.05, 3.63) is 28.1 Å². The third kappa shape index (κ3) is 2.34. The number of amides is 1. The number of carbonyl (C=O) groups excluding carboxylic acids is 1. The predicted octanol–water partition coefficient (Wildman–Crippen LogP) is 0.705. The van der Waals surface area contributed by atoms with Gasteiger partial charge in [0.05, 0.1) is 31.0 Å². The molecule has 20 heavy (non-hydrogen) atoms. The molecule has 0 radical (unpaired) electrons. The Morgan fingerprint density at radius 3 is 3.25 bits per heavy atom. The van der Waals surface area contributed by atoms with Crippen molar-refractivity contribution < 1.29 is 9.53 Å². The van der Waals surface area contributed by atoms with Crippen LogP contribution in [0.4, 0.5) is 0 Å². The summed E-state index contributed by atoms with van der Waals surface area (Å²) in [4.78, 5) is 31.2. The molecule has 3 rings (SSSR count). The van der Waals surface area contributed by atoms with Gasteiger partial charge >= 0.3 is 0 Å². The largest absolute Gasteiger partial charge is 0.377 e. The highest BCUT2D eigenvalue weighted by Gasteiger charge is 2.24. The number of aromatic nitrogens is 2. The molecule has 3 heterocycles. The van der Waals surface area contributed by atoms with Crippen molar-refractivity contribution in [3.63, 3.8) is 0 Å². The summed E-state index contributed by atoms with van der Waals surface area (Å²) in [6.45, 7) is 3.64. The Kier molecular flexibility index (Phi) is 3.54. The molecule has 106 valence electrons. The summed E-state index contributed by atoms with van der Waals surface area (Å²) in [6, 6.07) is 1.79. The van der Waals surface area contributed by atoms with E-state index in [0.29, 0.717) is 30.0 Å². The average Bonchev–Trinajstić information content (AvgIpc) is 2.91. The fourth-order valence-electron chi connectivity index (χ4n) is 2.34. The predicted molar refractivity (Wildman–Crippen MR) is 75.9 cm³/mol. The molecule has 1 aliphatic heterocycles. The molecule has 1 aliphatic rings. The number of thiophene rings is 1. The molecule has 6 nitrogen and oxygen atoms in total. The van der Waals surface area contributed by atoms with Crippen LogP contribution in [0.25, 0.3) is 10.2 Å². The molecule has 0 N–H and O–H groups in total. The van der Waals surface area contributed by atoms with Gasteiger partial charge in [-0.25, -0.2) is 4.98 Å². The lowest BCUT2D eigenvalue weighted by Crippen LogP contribution is -2.48. The van der Waals surface area contributed by atoms with Gasteiger partial charge in [-0.15, -0.1) is 11.3 Å². The Morgan fingerprint density at radius 2 is 2.45 bits per heavy atom. The first-order valence-corrected chi connectivity index (χ1v) is 7.34.